The highest BCUT2D eigenvalue weighted by Gasteiger charge is 2.44. The number of aryl methyl sites for hydroxylation is 2. The fraction of sp³-hybridized carbons (Fsp3) is 0.343. The topological polar surface area (TPSA) is 99.4 Å². The van der Waals surface area contributed by atoms with Crippen LogP contribution in [0.3, 0.4) is 0 Å². The number of esters is 1. The van der Waals surface area contributed by atoms with Gasteiger partial charge in [0.15, 0.2) is 0 Å². The average Bonchev–Trinajstić information content (AvgIpc) is 2.95. The van der Waals surface area contributed by atoms with E-state index in [0.717, 1.165) is 28.0 Å². The van der Waals surface area contributed by atoms with Gasteiger partial charge < -0.3 is 15.2 Å². The molecule has 1 unspecified atom stereocenters. The molecular weight excluding hydrogens is 544 g/mol. The summed E-state index contributed by atoms with van der Waals surface area (Å²) in [6.07, 6.45) is 1.61. The van der Waals surface area contributed by atoms with E-state index in [1.54, 1.807) is 24.3 Å². The molecule has 0 radical (unpaired) electrons. The number of nitrogens with zero attached hydrogens (tertiary/aromatic N) is 1. The van der Waals surface area contributed by atoms with Crippen molar-refractivity contribution in [3.05, 3.63) is 105 Å². The van der Waals surface area contributed by atoms with Gasteiger partial charge in [-0.2, -0.15) is 5.26 Å². The molecule has 0 saturated heterocycles. The molecule has 1 aliphatic heterocycles. The van der Waals surface area contributed by atoms with Crippen molar-refractivity contribution in [3.63, 3.8) is 0 Å². The number of aliphatic hydroxyl groups is 1. The van der Waals surface area contributed by atoms with E-state index in [0.29, 0.717) is 23.2 Å². The number of anilines is 1. The minimum absolute atomic E-state index is 0.0187. The van der Waals surface area contributed by atoms with Gasteiger partial charge in [0.2, 0.25) is 0 Å². The highest BCUT2D eigenvalue weighted by atomic mass is 32.2. The van der Waals surface area contributed by atoms with Gasteiger partial charge in [0.1, 0.15) is 16.3 Å². The van der Waals surface area contributed by atoms with Crippen LogP contribution in [0, 0.1) is 24.2 Å². The quantitative estimate of drug-likeness (QED) is 0.260. The number of amides is 1. The van der Waals surface area contributed by atoms with Gasteiger partial charge in [-0.05, 0) is 84.2 Å². The van der Waals surface area contributed by atoms with Gasteiger partial charge in [0, 0.05) is 22.6 Å². The fourth-order valence-corrected chi connectivity index (χ4v) is 6.33. The molecule has 7 heteroatoms. The van der Waals surface area contributed by atoms with Gasteiger partial charge in [-0.3, -0.25) is 4.79 Å². The molecular formula is C35H38N2O4S. The molecule has 1 aliphatic rings. The summed E-state index contributed by atoms with van der Waals surface area (Å²) in [5.74, 6) is -0.722. The van der Waals surface area contributed by atoms with E-state index in [1.165, 1.54) is 11.8 Å². The van der Waals surface area contributed by atoms with Crippen LogP contribution in [-0.4, -0.2) is 22.6 Å². The number of carbonyl (C=O) groups excluding carboxylic acids is 2. The number of hydrogen-bond donors (Lipinski definition) is 2. The number of benzene rings is 3. The van der Waals surface area contributed by atoms with Gasteiger partial charge in [0.05, 0.1) is 11.6 Å². The van der Waals surface area contributed by atoms with Crippen LogP contribution >= 0.6 is 11.8 Å². The zero-order valence-electron chi connectivity index (χ0n) is 25.1. The lowest BCUT2D eigenvalue weighted by Crippen LogP contribution is -2.44. The first-order chi connectivity index (χ1) is 19.8. The summed E-state index contributed by atoms with van der Waals surface area (Å²) in [5.41, 5.74) is 3.38. The summed E-state index contributed by atoms with van der Waals surface area (Å²) in [6, 6.07) is 22.5. The Labute approximate surface area is 252 Å². The van der Waals surface area contributed by atoms with Crippen molar-refractivity contribution in [2.45, 2.75) is 76.7 Å². The van der Waals surface area contributed by atoms with Crippen molar-refractivity contribution in [3.8, 4) is 6.07 Å². The van der Waals surface area contributed by atoms with E-state index in [2.05, 4.69) is 44.3 Å². The maximum Gasteiger partial charge on any atom is 0.349 e. The second kappa shape index (κ2) is 12.5. The second-order valence-electron chi connectivity index (χ2n) is 12.2. The van der Waals surface area contributed by atoms with Gasteiger partial charge >= 0.3 is 5.97 Å². The van der Waals surface area contributed by atoms with Gasteiger partial charge in [-0.1, -0.05) is 76.7 Å². The molecule has 1 atom stereocenters. The first kappa shape index (κ1) is 30.9. The highest BCUT2D eigenvalue weighted by molar-refractivity contribution is 8.04. The first-order valence-corrected chi connectivity index (χ1v) is 15.0. The number of hydrogen-bond acceptors (Lipinski definition) is 6. The zero-order valence-corrected chi connectivity index (χ0v) is 25.9. The maximum absolute atomic E-state index is 13.5. The SMILES string of the molecule is Cc1cc(SC2=C(O)CC(CCc3ccccc3)(C(C)C)OC2=O)c(C(C)(C)C)cc1NC(=O)c1ccc(C#N)cc1. The van der Waals surface area contributed by atoms with Gasteiger partial charge in [0.25, 0.3) is 5.91 Å². The van der Waals surface area contributed by atoms with Crippen LogP contribution in [0.25, 0.3) is 0 Å². The minimum atomic E-state index is -0.788. The van der Waals surface area contributed by atoms with Crippen LogP contribution in [0.4, 0.5) is 5.69 Å². The van der Waals surface area contributed by atoms with Gasteiger partial charge in [-0.25, -0.2) is 4.79 Å². The van der Waals surface area contributed by atoms with Crippen molar-refractivity contribution in [2.75, 3.05) is 5.32 Å². The summed E-state index contributed by atoms with van der Waals surface area (Å²) >= 11 is 1.22. The largest absolute Gasteiger partial charge is 0.511 e. The molecule has 0 aromatic heterocycles. The van der Waals surface area contributed by atoms with Crippen molar-refractivity contribution >= 4 is 29.3 Å². The summed E-state index contributed by atoms with van der Waals surface area (Å²) in [6.45, 7) is 12.1. The molecule has 42 heavy (non-hydrogen) atoms. The number of carbonyl (C=O) groups is 2. The van der Waals surface area contributed by atoms with Crippen molar-refractivity contribution < 1.29 is 19.4 Å². The summed E-state index contributed by atoms with van der Waals surface area (Å²) < 4.78 is 6.16. The number of aliphatic hydroxyl groups excluding tert-OH is 1. The molecule has 3 aromatic rings. The van der Waals surface area contributed by atoms with Crippen molar-refractivity contribution in [1.82, 2.24) is 0 Å². The predicted octanol–water partition coefficient (Wildman–Crippen LogP) is 8.25. The van der Waals surface area contributed by atoms with E-state index in [9.17, 15) is 14.7 Å². The lowest BCUT2D eigenvalue weighted by atomic mass is 9.80. The monoisotopic (exact) mass is 582 g/mol. The van der Waals surface area contributed by atoms with E-state index >= 15 is 0 Å². The first-order valence-electron chi connectivity index (χ1n) is 14.2. The van der Waals surface area contributed by atoms with Crippen LogP contribution < -0.4 is 5.32 Å². The number of nitrogens with one attached hydrogen (secondary N) is 1. The Balaban J connectivity index is 1.61. The normalized spacial score (nSPS) is 17.1. The molecule has 0 aliphatic carbocycles. The number of cyclic esters (lactones) is 1. The molecule has 0 saturated carbocycles. The van der Waals surface area contributed by atoms with Gasteiger partial charge in [-0.15, -0.1) is 0 Å². The Morgan fingerprint density at radius 1 is 1.12 bits per heavy atom. The third-order valence-electron chi connectivity index (χ3n) is 7.81. The summed E-state index contributed by atoms with van der Waals surface area (Å²) in [4.78, 5) is 27.5. The van der Waals surface area contributed by atoms with Crippen molar-refractivity contribution in [2.24, 2.45) is 5.92 Å². The number of rotatable bonds is 8. The Morgan fingerprint density at radius 3 is 2.36 bits per heavy atom. The molecule has 3 aromatic carbocycles. The van der Waals surface area contributed by atoms with E-state index in [1.807, 2.05) is 51.1 Å². The molecule has 1 amide bonds. The lowest BCUT2D eigenvalue weighted by Gasteiger charge is -2.40. The number of thioether (sulfide) groups is 1. The average molecular weight is 583 g/mol. The van der Waals surface area contributed by atoms with Crippen LogP contribution in [0.1, 0.15) is 80.1 Å². The molecule has 1 heterocycles. The Kier molecular flexibility index (Phi) is 9.18. The zero-order chi connectivity index (χ0) is 30.7. The van der Waals surface area contributed by atoms with Crippen LogP contribution in [0.5, 0.6) is 0 Å². The van der Waals surface area contributed by atoms with Crippen LogP contribution in [0.15, 0.2) is 82.3 Å². The maximum atomic E-state index is 13.5. The molecule has 6 nitrogen and oxygen atoms in total. The summed E-state index contributed by atoms with van der Waals surface area (Å²) in [7, 11) is 0. The Morgan fingerprint density at radius 2 is 1.79 bits per heavy atom. The Hall–Kier alpha value is -4.02. The molecule has 0 fully saturated rings. The molecule has 4 rings (SSSR count). The third-order valence-corrected chi connectivity index (χ3v) is 8.98. The van der Waals surface area contributed by atoms with Crippen LogP contribution in [-0.2, 0) is 21.4 Å². The van der Waals surface area contributed by atoms with E-state index in [4.69, 9.17) is 10.00 Å². The van der Waals surface area contributed by atoms with E-state index in [-0.39, 0.29) is 34.3 Å². The molecule has 0 spiro atoms. The van der Waals surface area contributed by atoms with Crippen molar-refractivity contribution in [1.29, 1.82) is 5.26 Å². The highest BCUT2D eigenvalue weighted by Crippen LogP contribution is 2.46. The molecule has 0 bridgehead atoms. The fourth-order valence-electron chi connectivity index (χ4n) is 5.09. The standard InChI is InChI=1S/C35H38N2O4S/c1-22(2)35(17-16-24-10-8-7-9-11-24)20-29(38)31(33(40)41-35)42-30-18-23(3)28(19-27(30)34(4,5)6)37-32(39)26-14-12-25(21-36)13-15-26/h7-15,18-19,22,38H,16-17,20H2,1-6H3,(H,37,39). The number of ether oxygens (including phenoxy) is 1. The summed E-state index contributed by atoms with van der Waals surface area (Å²) in [5, 5.41) is 23.3. The smallest absolute Gasteiger partial charge is 0.349 e. The second-order valence-corrected chi connectivity index (χ2v) is 13.3. The predicted molar refractivity (Wildman–Crippen MR) is 168 cm³/mol. The third kappa shape index (κ3) is 6.88. The molecule has 218 valence electrons. The minimum Gasteiger partial charge on any atom is -0.511 e. The number of nitriles is 1. The van der Waals surface area contributed by atoms with E-state index < -0.39 is 11.6 Å². The lowest BCUT2D eigenvalue weighted by molar-refractivity contribution is -0.164. The van der Waals surface area contributed by atoms with Crippen LogP contribution in [0.2, 0.25) is 0 Å². The molecule has 2 N–H and O–H groups in total. The Bertz CT molecular complexity index is 1550.